The second-order valence-corrected chi connectivity index (χ2v) is 4.81. The van der Waals surface area contributed by atoms with Gasteiger partial charge in [0, 0.05) is 4.88 Å². The highest BCUT2D eigenvalue weighted by Gasteiger charge is 2.10. The van der Waals surface area contributed by atoms with Crippen molar-refractivity contribution in [2.75, 3.05) is 5.75 Å². The lowest BCUT2D eigenvalue weighted by atomic mass is 10.3. The molecular formula is C8H8N2O2S2. The van der Waals surface area contributed by atoms with Gasteiger partial charge in [0.15, 0.2) is 4.34 Å². The highest BCUT2D eigenvalue weighted by molar-refractivity contribution is 8.01. The molecule has 1 heterocycles. The first-order valence-electron chi connectivity index (χ1n) is 3.81. The number of rotatable bonds is 4. The number of thiazole rings is 1. The molecule has 0 bridgehead atoms. The zero-order chi connectivity index (χ0) is 10.6. The van der Waals surface area contributed by atoms with Gasteiger partial charge in [0.25, 0.3) is 0 Å². The van der Waals surface area contributed by atoms with Crippen LogP contribution in [-0.2, 0) is 11.2 Å². The molecule has 0 atom stereocenters. The number of thioether (sulfide) groups is 1. The van der Waals surface area contributed by atoms with Gasteiger partial charge in [-0.1, -0.05) is 11.8 Å². The van der Waals surface area contributed by atoms with Crippen molar-refractivity contribution in [1.29, 1.82) is 5.26 Å². The minimum atomic E-state index is -0.853. The van der Waals surface area contributed by atoms with E-state index in [0.29, 0.717) is 5.75 Å². The first-order chi connectivity index (χ1) is 6.63. The Hall–Kier alpha value is -1.06. The first kappa shape index (κ1) is 11.0. The number of aliphatic carboxylic acids is 1. The summed E-state index contributed by atoms with van der Waals surface area (Å²) in [7, 11) is 0. The molecule has 1 N–H and O–H groups in total. The van der Waals surface area contributed by atoms with Crippen molar-refractivity contribution < 1.29 is 9.90 Å². The van der Waals surface area contributed by atoms with Crippen LogP contribution in [-0.4, -0.2) is 21.8 Å². The number of carboxylic acid groups (broad SMARTS) is 1. The smallest absolute Gasteiger partial charge is 0.308 e. The Balaban J connectivity index is 2.72. The second-order valence-electron chi connectivity index (χ2n) is 2.51. The van der Waals surface area contributed by atoms with Crippen LogP contribution in [0.5, 0.6) is 0 Å². The maximum Gasteiger partial charge on any atom is 0.308 e. The Morgan fingerprint density at radius 3 is 3.07 bits per heavy atom. The molecule has 0 aliphatic rings. The summed E-state index contributed by atoms with van der Waals surface area (Å²) in [4.78, 5) is 15.4. The minimum absolute atomic E-state index is 0.0105. The first-order valence-corrected chi connectivity index (χ1v) is 5.61. The largest absolute Gasteiger partial charge is 0.481 e. The molecular weight excluding hydrogens is 220 g/mol. The predicted molar refractivity (Wildman–Crippen MR) is 54.5 cm³/mol. The SMILES string of the molecule is Cc1nc(SCC#N)sc1CC(=O)O. The standard InChI is InChI=1S/C8H8N2O2S2/c1-5-6(4-7(11)12)14-8(10-5)13-3-2-9/h3-4H2,1H3,(H,11,12). The van der Waals surface area contributed by atoms with Crippen LogP contribution >= 0.6 is 23.1 Å². The van der Waals surface area contributed by atoms with Crippen molar-refractivity contribution >= 4 is 29.1 Å². The van der Waals surface area contributed by atoms with Gasteiger partial charge in [-0.05, 0) is 6.92 Å². The molecule has 1 rings (SSSR count). The van der Waals surface area contributed by atoms with E-state index in [4.69, 9.17) is 10.4 Å². The van der Waals surface area contributed by atoms with E-state index in [9.17, 15) is 4.79 Å². The molecule has 0 radical (unpaired) electrons. The van der Waals surface area contributed by atoms with Gasteiger partial charge in [-0.2, -0.15) is 5.26 Å². The number of nitriles is 1. The van der Waals surface area contributed by atoms with Gasteiger partial charge in [-0.3, -0.25) is 4.79 Å². The average molecular weight is 228 g/mol. The van der Waals surface area contributed by atoms with Crippen LogP contribution in [0.4, 0.5) is 0 Å². The van der Waals surface area contributed by atoms with Gasteiger partial charge in [-0.15, -0.1) is 11.3 Å². The third-order valence-electron chi connectivity index (χ3n) is 1.45. The van der Waals surface area contributed by atoms with Crippen LogP contribution in [0.2, 0.25) is 0 Å². The molecule has 0 aliphatic heterocycles. The zero-order valence-corrected chi connectivity index (χ0v) is 9.11. The molecule has 0 unspecified atom stereocenters. The lowest BCUT2D eigenvalue weighted by molar-refractivity contribution is -0.136. The van der Waals surface area contributed by atoms with Crippen molar-refractivity contribution in [3.05, 3.63) is 10.6 Å². The fourth-order valence-corrected chi connectivity index (χ4v) is 2.74. The zero-order valence-electron chi connectivity index (χ0n) is 7.48. The lowest BCUT2D eigenvalue weighted by Crippen LogP contribution is -1.99. The third-order valence-corrected chi connectivity index (χ3v) is 3.61. The number of carbonyl (C=O) groups is 1. The number of aromatic nitrogens is 1. The predicted octanol–water partition coefficient (Wildman–Crippen LogP) is 1.69. The molecule has 1 aromatic heterocycles. The maximum atomic E-state index is 10.5. The fraction of sp³-hybridized carbons (Fsp3) is 0.375. The van der Waals surface area contributed by atoms with Crippen molar-refractivity contribution in [3.8, 4) is 6.07 Å². The van der Waals surface area contributed by atoms with Gasteiger partial charge in [0.05, 0.1) is 23.9 Å². The summed E-state index contributed by atoms with van der Waals surface area (Å²) in [6.45, 7) is 1.78. The molecule has 74 valence electrons. The van der Waals surface area contributed by atoms with E-state index >= 15 is 0 Å². The Labute approximate surface area is 89.6 Å². The summed E-state index contributed by atoms with van der Waals surface area (Å²) >= 11 is 2.68. The third kappa shape index (κ3) is 3.01. The lowest BCUT2D eigenvalue weighted by Gasteiger charge is -1.89. The van der Waals surface area contributed by atoms with E-state index in [2.05, 4.69) is 4.98 Å². The van der Waals surface area contributed by atoms with Gasteiger partial charge < -0.3 is 5.11 Å². The van der Waals surface area contributed by atoms with Crippen molar-refractivity contribution in [3.63, 3.8) is 0 Å². The van der Waals surface area contributed by atoms with Crippen LogP contribution in [0.3, 0.4) is 0 Å². The summed E-state index contributed by atoms with van der Waals surface area (Å²) in [5.74, 6) is -0.506. The van der Waals surface area contributed by atoms with Crippen molar-refractivity contribution in [2.45, 2.75) is 17.7 Å². The topological polar surface area (TPSA) is 74.0 Å². The van der Waals surface area contributed by atoms with Crippen LogP contribution in [0.15, 0.2) is 4.34 Å². The number of hydrogen-bond donors (Lipinski definition) is 1. The average Bonchev–Trinajstić information content (AvgIpc) is 2.43. The van der Waals surface area contributed by atoms with E-state index in [1.807, 2.05) is 6.07 Å². The quantitative estimate of drug-likeness (QED) is 0.794. The van der Waals surface area contributed by atoms with E-state index < -0.39 is 5.97 Å². The van der Waals surface area contributed by atoms with Gasteiger partial charge in [0.2, 0.25) is 0 Å². The summed E-state index contributed by atoms with van der Waals surface area (Å²) in [6.07, 6.45) is 0.0105. The van der Waals surface area contributed by atoms with Crippen LogP contribution in [0.1, 0.15) is 10.6 Å². The molecule has 0 aliphatic carbocycles. The normalized spacial score (nSPS) is 9.71. The van der Waals surface area contributed by atoms with Crippen LogP contribution in [0.25, 0.3) is 0 Å². The fourth-order valence-electron chi connectivity index (χ4n) is 0.858. The minimum Gasteiger partial charge on any atom is -0.481 e. The molecule has 4 nitrogen and oxygen atoms in total. The summed E-state index contributed by atoms with van der Waals surface area (Å²) in [6, 6.07) is 2.00. The molecule has 14 heavy (non-hydrogen) atoms. The molecule has 0 fully saturated rings. The molecule has 0 saturated carbocycles. The molecule has 0 amide bonds. The molecule has 0 spiro atoms. The maximum absolute atomic E-state index is 10.5. The number of nitrogens with zero attached hydrogens (tertiary/aromatic N) is 2. The monoisotopic (exact) mass is 228 g/mol. The molecule has 1 aromatic rings. The van der Waals surface area contributed by atoms with Crippen molar-refractivity contribution in [2.24, 2.45) is 0 Å². The number of aryl methyl sites for hydroxylation is 1. The Morgan fingerprint density at radius 2 is 2.50 bits per heavy atom. The molecule has 0 saturated heterocycles. The summed E-state index contributed by atoms with van der Waals surface area (Å²) in [5.41, 5.74) is 0.748. The Kier molecular flexibility index (Phi) is 3.92. The summed E-state index contributed by atoms with van der Waals surface area (Å²) in [5, 5.41) is 17.0. The number of carboxylic acids is 1. The van der Waals surface area contributed by atoms with E-state index in [-0.39, 0.29) is 6.42 Å². The van der Waals surface area contributed by atoms with Gasteiger partial charge in [-0.25, -0.2) is 4.98 Å². The van der Waals surface area contributed by atoms with E-state index in [1.54, 1.807) is 6.92 Å². The van der Waals surface area contributed by atoms with Crippen LogP contribution in [0, 0.1) is 18.3 Å². The highest BCUT2D eigenvalue weighted by Crippen LogP contribution is 2.27. The van der Waals surface area contributed by atoms with Crippen LogP contribution < -0.4 is 0 Å². The molecule has 6 heteroatoms. The summed E-state index contributed by atoms with van der Waals surface area (Å²) < 4.78 is 0.764. The van der Waals surface area contributed by atoms with E-state index in [1.165, 1.54) is 23.1 Å². The molecule has 0 aromatic carbocycles. The number of hydrogen-bond acceptors (Lipinski definition) is 5. The highest BCUT2D eigenvalue weighted by atomic mass is 32.2. The Bertz CT molecular complexity index is 381. The van der Waals surface area contributed by atoms with Gasteiger partial charge in [0.1, 0.15) is 0 Å². The van der Waals surface area contributed by atoms with E-state index in [0.717, 1.165) is 14.9 Å². The Morgan fingerprint density at radius 1 is 1.79 bits per heavy atom. The van der Waals surface area contributed by atoms with Crippen molar-refractivity contribution in [1.82, 2.24) is 4.98 Å². The van der Waals surface area contributed by atoms with Gasteiger partial charge >= 0.3 is 5.97 Å². The second kappa shape index (κ2) is 4.98.